The molecule has 1 saturated carbocycles. The van der Waals surface area contributed by atoms with Gasteiger partial charge in [-0.1, -0.05) is 24.4 Å². The molecule has 1 aromatic rings. The molecule has 1 aromatic heterocycles. The fourth-order valence-corrected chi connectivity index (χ4v) is 2.75. The van der Waals surface area contributed by atoms with E-state index in [1.54, 1.807) is 7.11 Å². The van der Waals surface area contributed by atoms with Crippen LogP contribution in [0.15, 0.2) is 4.52 Å². The zero-order valence-corrected chi connectivity index (χ0v) is 11.5. The zero-order chi connectivity index (χ0) is 13.5. The fraction of sp³-hybridized carbons (Fsp3) is 0.786. The van der Waals surface area contributed by atoms with E-state index in [-0.39, 0.29) is 6.10 Å². The second kappa shape index (κ2) is 7.25. The summed E-state index contributed by atoms with van der Waals surface area (Å²) < 4.78 is 10.8. The summed E-state index contributed by atoms with van der Waals surface area (Å²) in [5.41, 5.74) is 0. The molecule has 0 spiro atoms. The lowest BCUT2D eigenvalue weighted by molar-refractivity contribution is 0.0273. The van der Waals surface area contributed by atoms with Gasteiger partial charge < -0.3 is 9.26 Å². The van der Waals surface area contributed by atoms with Crippen molar-refractivity contribution in [3.63, 3.8) is 0 Å². The first kappa shape index (κ1) is 14.0. The number of unbranched alkanes of at least 4 members (excludes halogenated alkanes) is 1. The van der Waals surface area contributed by atoms with E-state index < -0.39 is 0 Å². The smallest absolute Gasteiger partial charge is 0.226 e. The Morgan fingerprint density at radius 2 is 2.21 bits per heavy atom. The summed E-state index contributed by atoms with van der Waals surface area (Å²) in [4.78, 5) is 4.42. The van der Waals surface area contributed by atoms with Crippen molar-refractivity contribution < 1.29 is 9.26 Å². The first-order valence-corrected chi connectivity index (χ1v) is 7.07. The summed E-state index contributed by atoms with van der Waals surface area (Å²) >= 11 is 0. The predicted octanol–water partition coefficient (Wildman–Crippen LogP) is 3.18. The van der Waals surface area contributed by atoms with E-state index in [0.29, 0.717) is 30.5 Å². The van der Waals surface area contributed by atoms with Crippen molar-refractivity contribution in [2.75, 3.05) is 7.11 Å². The van der Waals surface area contributed by atoms with Gasteiger partial charge in [-0.15, -0.1) is 0 Å². The number of hydrogen-bond donors (Lipinski definition) is 0. The van der Waals surface area contributed by atoms with Gasteiger partial charge in [-0.25, -0.2) is 0 Å². The fourth-order valence-electron chi connectivity index (χ4n) is 2.75. The van der Waals surface area contributed by atoms with Crippen molar-refractivity contribution in [2.24, 2.45) is 5.92 Å². The van der Waals surface area contributed by atoms with Crippen molar-refractivity contribution in [1.82, 2.24) is 10.1 Å². The maximum absolute atomic E-state index is 8.51. The van der Waals surface area contributed by atoms with E-state index in [2.05, 4.69) is 16.2 Å². The van der Waals surface area contributed by atoms with Crippen LogP contribution in [0.5, 0.6) is 0 Å². The molecule has 1 atom stereocenters. The van der Waals surface area contributed by atoms with E-state index in [0.717, 1.165) is 6.42 Å². The molecule has 0 amide bonds. The van der Waals surface area contributed by atoms with Crippen molar-refractivity contribution in [3.05, 3.63) is 11.7 Å². The van der Waals surface area contributed by atoms with Crippen molar-refractivity contribution in [2.45, 2.75) is 57.5 Å². The Morgan fingerprint density at radius 1 is 1.42 bits per heavy atom. The molecule has 1 fully saturated rings. The largest absolute Gasteiger partial charge is 0.373 e. The summed E-state index contributed by atoms with van der Waals surface area (Å²) in [7, 11) is 1.71. The average Bonchev–Trinajstić information content (AvgIpc) is 2.90. The number of aryl methyl sites for hydroxylation is 1. The second-order valence-electron chi connectivity index (χ2n) is 5.11. The quantitative estimate of drug-likeness (QED) is 0.737. The molecular formula is C14H21N3O2. The minimum absolute atomic E-state index is 0.0474. The van der Waals surface area contributed by atoms with Crippen molar-refractivity contribution in [1.29, 1.82) is 5.26 Å². The number of nitrogens with zero attached hydrogens (tertiary/aromatic N) is 3. The highest BCUT2D eigenvalue weighted by molar-refractivity contribution is 4.95. The highest BCUT2D eigenvalue weighted by Crippen LogP contribution is 2.35. The van der Waals surface area contributed by atoms with Gasteiger partial charge >= 0.3 is 0 Å². The van der Waals surface area contributed by atoms with Crippen molar-refractivity contribution >= 4 is 0 Å². The highest BCUT2D eigenvalue weighted by Gasteiger charge is 2.28. The van der Waals surface area contributed by atoms with Gasteiger partial charge in [0.15, 0.2) is 0 Å². The molecule has 0 aromatic carbocycles. The molecule has 19 heavy (non-hydrogen) atoms. The van der Waals surface area contributed by atoms with Gasteiger partial charge in [0.05, 0.1) is 6.07 Å². The van der Waals surface area contributed by atoms with Gasteiger partial charge in [0.25, 0.3) is 0 Å². The predicted molar refractivity (Wildman–Crippen MR) is 69.2 cm³/mol. The van der Waals surface area contributed by atoms with Crippen LogP contribution in [0.4, 0.5) is 0 Å². The Morgan fingerprint density at radius 3 is 2.89 bits per heavy atom. The SMILES string of the molecule is COC(c1noc(CCCC#N)n1)C1CCCCC1. The summed E-state index contributed by atoms with van der Waals surface area (Å²) in [6.07, 6.45) is 8.10. The lowest BCUT2D eigenvalue weighted by Crippen LogP contribution is -2.19. The highest BCUT2D eigenvalue weighted by atomic mass is 16.5. The van der Waals surface area contributed by atoms with Gasteiger partial charge in [0, 0.05) is 20.0 Å². The molecule has 5 nitrogen and oxygen atoms in total. The minimum Gasteiger partial charge on any atom is -0.373 e. The second-order valence-corrected chi connectivity index (χ2v) is 5.11. The Bertz CT molecular complexity index is 419. The third-order valence-electron chi connectivity index (χ3n) is 3.75. The molecule has 0 aliphatic heterocycles. The number of hydrogen-bond acceptors (Lipinski definition) is 5. The number of nitriles is 1. The molecule has 1 aliphatic rings. The van der Waals surface area contributed by atoms with Crippen LogP contribution < -0.4 is 0 Å². The minimum atomic E-state index is -0.0474. The summed E-state index contributed by atoms with van der Waals surface area (Å²) in [5.74, 6) is 1.78. The van der Waals surface area contributed by atoms with Crippen LogP contribution in [0.3, 0.4) is 0 Å². The molecular weight excluding hydrogens is 242 g/mol. The first-order valence-electron chi connectivity index (χ1n) is 7.07. The standard InChI is InChI=1S/C14H21N3O2/c1-18-13(11-7-3-2-4-8-11)14-16-12(19-17-14)9-5-6-10-15/h11,13H,2-9H2,1H3. The normalized spacial score (nSPS) is 18.1. The van der Waals surface area contributed by atoms with Gasteiger partial charge in [-0.2, -0.15) is 10.2 Å². The molecule has 1 unspecified atom stereocenters. The first-order chi connectivity index (χ1) is 9.35. The molecule has 1 heterocycles. The monoisotopic (exact) mass is 263 g/mol. The molecule has 0 radical (unpaired) electrons. The molecule has 1 aliphatic carbocycles. The Labute approximate surface area is 113 Å². The van der Waals surface area contributed by atoms with Crippen LogP contribution in [0.1, 0.15) is 62.8 Å². The summed E-state index contributed by atoms with van der Waals surface area (Å²) in [6.45, 7) is 0. The molecule has 104 valence electrons. The molecule has 2 rings (SSSR count). The third-order valence-corrected chi connectivity index (χ3v) is 3.75. The zero-order valence-electron chi connectivity index (χ0n) is 11.5. The van der Waals surface area contributed by atoms with Crippen LogP contribution in [0.2, 0.25) is 0 Å². The lowest BCUT2D eigenvalue weighted by Gasteiger charge is -2.26. The van der Waals surface area contributed by atoms with Crippen LogP contribution in [0.25, 0.3) is 0 Å². The van der Waals surface area contributed by atoms with E-state index in [9.17, 15) is 0 Å². The third kappa shape index (κ3) is 3.77. The molecule has 0 saturated heterocycles. The van der Waals surface area contributed by atoms with Gasteiger partial charge in [-0.3, -0.25) is 0 Å². The lowest BCUT2D eigenvalue weighted by atomic mass is 9.85. The Hall–Kier alpha value is -1.41. The Balaban J connectivity index is 1.96. The van der Waals surface area contributed by atoms with E-state index in [4.69, 9.17) is 14.5 Å². The van der Waals surface area contributed by atoms with Crippen LogP contribution in [-0.2, 0) is 11.2 Å². The number of ether oxygens (including phenoxy) is 1. The maximum Gasteiger partial charge on any atom is 0.226 e. The number of methoxy groups -OCH3 is 1. The number of aromatic nitrogens is 2. The molecule has 5 heteroatoms. The van der Waals surface area contributed by atoms with Crippen LogP contribution in [-0.4, -0.2) is 17.3 Å². The molecule has 0 bridgehead atoms. The average molecular weight is 263 g/mol. The van der Waals surface area contributed by atoms with Gasteiger partial charge in [0.1, 0.15) is 6.10 Å². The van der Waals surface area contributed by atoms with Gasteiger partial charge in [-0.05, 0) is 25.2 Å². The topological polar surface area (TPSA) is 71.9 Å². The number of rotatable bonds is 6. The van der Waals surface area contributed by atoms with E-state index >= 15 is 0 Å². The molecule has 0 N–H and O–H groups in total. The van der Waals surface area contributed by atoms with Crippen molar-refractivity contribution in [3.8, 4) is 6.07 Å². The van der Waals surface area contributed by atoms with Crippen LogP contribution in [0, 0.1) is 17.2 Å². The Kier molecular flexibility index (Phi) is 5.34. The van der Waals surface area contributed by atoms with Crippen LogP contribution >= 0.6 is 0 Å². The van der Waals surface area contributed by atoms with E-state index in [1.165, 1.54) is 32.1 Å². The van der Waals surface area contributed by atoms with E-state index in [1.807, 2.05) is 0 Å². The maximum atomic E-state index is 8.51. The van der Waals surface area contributed by atoms with Gasteiger partial charge in [0.2, 0.25) is 11.7 Å². The summed E-state index contributed by atoms with van der Waals surface area (Å²) in [5, 5.41) is 12.6. The summed E-state index contributed by atoms with van der Waals surface area (Å²) in [6, 6.07) is 2.12.